The molecule has 0 aliphatic carbocycles. The van der Waals surface area contributed by atoms with Gasteiger partial charge in [0.1, 0.15) is 0 Å². The van der Waals surface area contributed by atoms with Crippen molar-refractivity contribution < 1.29 is 0 Å². The van der Waals surface area contributed by atoms with Crippen molar-refractivity contribution in [2.75, 3.05) is 0 Å². The fraction of sp³-hybridized carbons (Fsp3) is 0. The molecule has 21 heavy (non-hydrogen) atoms. The molecule has 2 aromatic heterocycles. The van der Waals surface area contributed by atoms with Crippen LogP contribution in [0.1, 0.15) is 0 Å². The standard InChI is InChI=1S/C18H11ClN2/c19-10-5-6-13-16(9-10)20-15-8-7-12-11-3-1-2-4-14(11)21-18(12)17(13)15/h1-9,20-21H. The van der Waals surface area contributed by atoms with Gasteiger partial charge in [0.25, 0.3) is 0 Å². The first-order chi connectivity index (χ1) is 10.3. The van der Waals surface area contributed by atoms with Gasteiger partial charge in [-0.2, -0.15) is 0 Å². The largest absolute Gasteiger partial charge is 0.354 e. The lowest BCUT2D eigenvalue weighted by molar-refractivity contribution is 1.54. The number of benzene rings is 3. The first kappa shape index (κ1) is 11.2. The van der Waals surface area contributed by atoms with Crippen molar-refractivity contribution >= 4 is 55.2 Å². The zero-order chi connectivity index (χ0) is 14.0. The second kappa shape index (κ2) is 3.80. The van der Waals surface area contributed by atoms with Crippen molar-refractivity contribution in [2.45, 2.75) is 0 Å². The van der Waals surface area contributed by atoms with Crippen LogP contribution in [0.2, 0.25) is 5.02 Å². The molecule has 0 fully saturated rings. The SMILES string of the molecule is Clc1ccc2c(c1)[nH]c1ccc3c4ccccc4[nH]c3c12. The highest BCUT2D eigenvalue weighted by molar-refractivity contribution is 6.32. The molecular weight excluding hydrogens is 280 g/mol. The summed E-state index contributed by atoms with van der Waals surface area (Å²) in [6.45, 7) is 0. The van der Waals surface area contributed by atoms with Gasteiger partial charge in [-0.15, -0.1) is 0 Å². The molecule has 0 unspecified atom stereocenters. The summed E-state index contributed by atoms with van der Waals surface area (Å²) in [5.41, 5.74) is 4.56. The van der Waals surface area contributed by atoms with Crippen LogP contribution in [0, 0.1) is 0 Å². The molecule has 2 nitrogen and oxygen atoms in total. The third kappa shape index (κ3) is 1.43. The van der Waals surface area contributed by atoms with E-state index in [-0.39, 0.29) is 0 Å². The van der Waals surface area contributed by atoms with Gasteiger partial charge >= 0.3 is 0 Å². The van der Waals surface area contributed by atoms with Crippen molar-refractivity contribution in [3.63, 3.8) is 0 Å². The van der Waals surface area contributed by atoms with Crippen LogP contribution < -0.4 is 0 Å². The highest BCUT2D eigenvalue weighted by atomic mass is 35.5. The molecule has 0 saturated carbocycles. The number of H-pyrrole nitrogens is 2. The molecule has 0 amide bonds. The van der Waals surface area contributed by atoms with Gasteiger partial charge in [0.05, 0.1) is 5.52 Å². The van der Waals surface area contributed by atoms with Gasteiger partial charge in [0.2, 0.25) is 0 Å². The van der Waals surface area contributed by atoms with Crippen LogP contribution in [0.4, 0.5) is 0 Å². The molecule has 2 N–H and O–H groups in total. The summed E-state index contributed by atoms with van der Waals surface area (Å²) >= 11 is 6.10. The van der Waals surface area contributed by atoms with Crippen LogP contribution in [-0.4, -0.2) is 9.97 Å². The zero-order valence-corrected chi connectivity index (χ0v) is 11.8. The number of aromatic nitrogens is 2. The molecule has 3 heteroatoms. The van der Waals surface area contributed by atoms with Gasteiger partial charge in [-0.05, 0) is 24.3 Å². The fourth-order valence-electron chi connectivity index (χ4n) is 3.29. The number of rotatable bonds is 0. The van der Waals surface area contributed by atoms with Crippen molar-refractivity contribution in [1.82, 2.24) is 9.97 Å². The average molecular weight is 291 g/mol. The van der Waals surface area contributed by atoms with E-state index in [0.717, 1.165) is 16.1 Å². The van der Waals surface area contributed by atoms with E-state index in [1.807, 2.05) is 12.1 Å². The van der Waals surface area contributed by atoms with Crippen molar-refractivity contribution in [3.8, 4) is 0 Å². The lowest BCUT2D eigenvalue weighted by atomic mass is 10.1. The lowest BCUT2D eigenvalue weighted by Crippen LogP contribution is -1.71. The van der Waals surface area contributed by atoms with Crippen molar-refractivity contribution in [2.24, 2.45) is 0 Å². The molecule has 0 bridgehead atoms. The molecule has 5 aromatic rings. The molecular formula is C18H11ClN2. The number of hydrogen-bond donors (Lipinski definition) is 2. The maximum Gasteiger partial charge on any atom is 0.0566 e. The Labute approximate surface area is 125 Å². The highest BCUT2D eigenvalue weighted by Gasteiger charge is 2.11. The first-order valence-electron chi connectivity index (χ1n) is 6.92. The van der Waals surface area contributed by atoms with Crippen LogP contribution in [-0.2, 0) is 0 Å². The number of fused-ring (bicyclic) bond motifs is 7. The summed E-state index contributed by atoms with van der Waals surface area (Å²) in [6, 6.07) is 18.7. The summed E-state index contributed by atoms with van der Waals surface area (Å²) in [5, 5.41) is 5.70. The van der Waals surface area contributed by atoms with Gasteiger partial charge in [-0.25, -0.2) is 0 Å². The number of hydrogen-bond acceptors (Lipinski definition) is 0. The van der Waals surface area contributed by atoms with E-state index in [1.54, 1.807) is 0 Å². The normalized spacial score (nSPS) is 12.0. The molecule has 100 valence electrons. The van der Waals surface area contributed by atoms with Gasteiger partial charge < -0.3 is 9.97 Å². The number of nitrogens with one attached hydrogen (secondary N) is 2. The minimum absolute atomic E-state index is 0.752. The lowest BCUT2D eigenvalue weighted by Gasteiger charge is -1.95. The minimum atomic E-state index is 0.752. The summed E-state index contributed by atoms with van der Waals surface area (Å²) in [4.78, 5) is 7.01. The van der Waals surface area contributed by atoms with Crippen LogP contribution in [0.25, 0.3) is 43.6 Å². The van der Waals surface area contributed by atoms with E-state index in [4.69, 9.17) is 11.6 Å². The van der Waals surface area contributed by atoms with E-state index in [0.29, 0.717) is 0 Å². The molecule has 0 saturated heterocycles. The summed E-state index contributed by atoms with van der Waals surface area (Å²) < 4.78 is 0. The molecule has 0 aliphatic rings. The number of halogens is 1. The third-order valence-electron chi connectivity index (χ3n) is 4.20. The Hall–Kier alpha value is -2.45. The predicted octanol–water partition coefficient (Wildman–Crippen LogP) is 5.61. The van der Waals surface area contributed by atoms with Crippen molar-refractivity contribution in [1.29, 1.82) is 0 Å². The molecule has 3 aromatic carbocycles. The topological polar surface area (TPSA) is 31.6 Å². The van der Waals surface area contributed by atoms with Crippen molar-refractivity contribution in [3.05, 3.63) is 59.6 Å². The van der Waals surface area contributed by atoms with Crippen LogP contribution in [0.15, 0.2) is 54.6 Å². The maximum absolute atomic E-state index is 6.10. The van der Waals surface area contributed by atoms with E-state index in [9.17, 15) is 0 Å². The van der Waals surface area contributed by atoms with Gasteiger partial charge in [0, 0.05) is 43.1 Å². The highest BCUT2D eigenvalue weighted by Crippen LogP contribution is 2.35. The Bertz CT molecular complexity index is 1150. The molecule has 5 rings (SSSR count). The Morgan fingerprint density at radius 3 is 2.48 bits per heavy atom. The van der Waals surface area contributed by atoms with Gasteiger partial charge in [-0.1, -0.05) is 41.9 Å². The van der Waals surface area contributed by atoms with Gasteiger partial charge in [0.15, 0.2) is 0 Å². The van der Waals surface area contributed by atoms with E-state index in [2.05, 4.69) is 52.4 Å². The summed E-state index contributed by atoms with van der Waals surface area (Å²) in [5.74, 6) is 0. The maximum atomic E-state index is 6.10. The minimum Gasteiger partial charge on any atom is -0.354 e. The molecule has 2 heterocycles. The van der Waals surface area contributed by atoms with E-state index in [1.165, 1.54) is 32.6 Å². The smallest absolute Gasteiger partial charge is 0.0566 e. The molecule has 0 aliphatic heterocycles. The zero-order valence-electron chi connectivity index (χ0n) is 11.1. The Kier molecular flexibility index (Phi) is 2.04. The first-order valence-corrected chi connectivity index (χ1v) is 7.29. The second-order valence-electron chi connectivity index (χ2n) is 5.40. The van der Waals surface area contributed by atoms with Crippen LogP contribution >= 0.6 is 11.6 Å². The number of aromatic amines is 2. The second-order valence-corrected chi connectivity index (χ2v) is 5.83. The Balaban J connectivity index is 2.09. The predicted molar refractivity (Wildman–Crippen MR) is 90.2 cm³/mol. The Morgan fingerprint density at radius 1 is 0.667 bits per heavy atom. The van der Waals surface area contributed by atoms with E-state index >= 15 is 0 Å². The fourth-order valence-corrected chi connectivity index (χ4v) is 3.46. The quantitative estimate of drug-likeness (QED) is 0.371. The average Bonchev–Trinajstić information content (AvgIpc) is 3.03. The third-order valence-corrected chi connectivity index (χ3v) is 4.44. The molecule has 0 spiro atoms. The summed E-state index contributed by atoms with van der Waals surface area (Å²) in [6.07, 6.45) is 0. The van der Waals surface area contributed by atoms with Gasteiger partial charge in [-0.3, -0.25) is 0 Å². The molecule has 0 atom stereocenters. The monoisotopic (exact) mass is 290 g/mol. The van der Waals surface area contributed by atoms with E-state index < -0.39 is 0 Å². The Morgan fingerprint density at radius 2 is 1.52 bits per heavy atom. The number of para-hydroxylation sites is 1. The van der Waals surface area contributed by atoms with Crippen LogP contribution in [0.3, 0.4) is 0 Å². The summed E-state index contributed by atoms with van der Waals surface area (Å²) in [7, 11) is 0. The molecule has 0 radical (unpaired) electrons. The van der Waals surface area contributed by atoms with Crippen LogP contribution in [0.5, 0.6) is 0 Å².